The van der Waals surface area contributed by atoms with Gasteiger partial charge in [-0.3, -0.25) is 4.98 Å². The van der Waals surface area contributed by atoms with Gasteiger partial charge < -0.3 is 10.2 Å². The molecule has 0 aliphatic heterocycles. The Morgan fingerprint density at radius 1 is 1.40 bits per heavy atom. The van der Waals surface area contributed by atoms with Gasteiger partial charge in [0.2, 0.25) is 0 Å². The van der Waals surface area contributed by atoms with Crippen LogP contribution in [0.15, 0.2) is 24.4 Å². The molecule has 0 fully saturated rings. The van der Waals surface area contributed by atoms with E-state index in [1.807, 2.05) is 0 Å². The number of hydrogen-bond acceptors (Lipinski definition) is 5. The van der Waals surface area contributed by atoms with E-state index in [0.717, 1.165) is 0 Å². The molecule has 0 spiro atoms. The third-order valence-electron chi connectivity index (χ3n) is 2.78. The number of hydrogen-bond donors (Lipinski definition) is 2. The largest absolute Gasteiger partial charge is 0.476 e. The number of carbonyl (C=O) groups is 1. The molecule has 7 nitrogen and oxygen atoms in total. The minimum Gasteiger partial charge on any atom is -0.476 e. The fourth-order valence-electron chi connectivity index (χ4n) is 1.75. The van der Waals surface area contributed by atoms with Crippen LogP contribution in [0.2, 0.25) is 0 Å². The molecule has 0 amide bonds. The van der Waals surface area contributed by atoms with Gasteiger partial charge in [-0.05, 0) is 32.4 Å². The fraction of sp³-hybridized carbons (Fsp3) is 0.385. The summed E-state index contributed by atoms with van der Waals surface area (Å²) >= 11 is 0. The fourth-order valence-corrected chi connectivity index (χ4v) is 1.75. The molecule has 0 radical (unpaired) electrons. The summed E-state index contributed by atoms with van der Waals surface area (Å²) in [5.41, 5.74) is -0.163. The van der Waals surface area contributed by atoms with Crippen molar-refractivity contribution in [1.29, 1.82) is 0 Å². The van der Waals surface area contributed by atoms with Crippen LogP contribution in [0, 0.1) is 0 Å². The maximum Gasteiger partial charge on any atom is 0.358 e. The van der Waals surface area contributed by atoms with Crippen LogP contribution in [-0.2, 0) is 6.54 Å². The van der Waals surface area contributed by atoms with Crippen LogP contribution in [0.4, 0.5) is 0 Å². The molecule has 2 aromatic rings. The van der Waals surface area contributed by atoms with E-state index in [-0.39, 0.29) is 5.69 Å². The number of pyridine rings is 1. The van der Waals surface area contributed by atoms with E-state index in [1.54, 1.807) is 38.2 Å². The van der Waals surface area contributed by atoms with Gasteiger partial charge >= 0.3 is 5.97 Å². The summed E-state index contributed by atoms with van der Waals surface area (Å²) in [6, 6.07) is 5.21. The second-order valence-corrected chi connectivity index (χ2v) is 5.09. The summed E-state index contributed by atoms with van der Waals surface area (Å²) in [4.78, 5) is 15.4. The Bertz CT molecular complexity index is 602. The van der Waals surface area contributed by atoms with Crippen molar-refractivity contribution >= 4 is 5.97 Å². The SMILES string of the molecule is CC(C)(O)CCn1nnc(C(=O)O)c1-c1ccccn1. The van der Waals surface area contributed by atoms with Gasteiger partial charge in [0.15, 0.2) is 5.69 Å². The number of aryl methyl sites for hydroxylation is 1. The molecule has 106 valence electrons. The zero-order valence-corrected chi connectivity index (χ0v) is 11.3. The zero-order valence-electron chi connectivity index (χ0n) is 11.3. The number of aromatic nitrogens is 4. The topological polar surface area (TPSA) is 101 Å². The molecule has 20 heavy (non-hydrogen) atoms. The number of rotatable bonds is 5. The summed E-state index contributed by atoms with van der Waals surface area (Å²) < 4.78 is 1.46. The third kappa shape index (κ3) is 3.18. The number of carboxylic acids is 1. The first-order valence-electron chi connectivity index (χ1n) is 6.19. The first-order valence-corrected chi connectivity index (χ1v) is 6.19. The van der Waals surface area contributed by atoms with Gasteiger partial charge in [-0.1, -0.05) is 11.3 Å². The minimum atomic E-state index is -1.15. The quantitative estimate of drug-likeness (QED) is 0.851. The van der Waals surface area contributed by atoms with Gasteiger partial charge in [0.25, 0.3) is 0 Å². The lowest BCUT2D eigenvalue weighted by Crippen LogP contribution is -2.22. The van der Waals surface area contributed by atoms with Crippen molar-refractivity contribution in [3.63, 3.8) is 0 Å². The third-order valence-corrected chi connectivity index (χ3v) is 2.78. The lowest BCUT2D eigenvalue weighted by Gasteiger charge is -2.17. The van der Waals surface area contributed by atoms with E-state index in [2.05, 4.69) is 15.3 Å². The highest BCUT2D eigenvalue weighted by molar-refractivity contribution is 5.92. The van der Waals surface area contributed by atoms with E-state index in [0.29, 0.717) is 24.4 Å². The van der Waals surface area contributed by atoms with Gasteiger partial charge in [-0.25, -0.2) is 9.48 Å². The minimum absolute atomic E-state index is 0.139. The Balaban J connectivity index is 2.41. The van der Waals surface area contributed by atoms with E-state index in [1.165, 1.54) is 4.68 Å². The average Bonchev–Trinajstić information content (AvgIpc) is 2.80. The second-order valence-electron chi connectivity index (χ2n) is 5.09. The van der Waals surface area contributed by atoms with E-state index < -0.39 is 11.6 Å². The molecule has 7 heteroatoms. The second kappa shape index (κ2) is 5.38. The van der Waals surface area contributed by atoms with Crippen molar-refractivity contribution in [2.75, 3.05) is 0 Å². The maximum atomic E-state index is 11.2. The Kier molecular flexibility index (Phi) is 3.80. The highest BCUT2D eigenvalue weighted by Crippen LogP contribution is 2.21. The van der Waals surface area contributed by atoms with Gasteiger partial charge in [0.05, 0.1) is 11.3 Å². The molecule has 2 rings (SSSR count). The molecule has 0 unspecified atom stereocenters. The van der Waals surface area contributed by atoms with E-state index in [9.17, 15) is 15.0 Å². The lowest BCUT2D eigenvalue weighted by molar-refractivity contribution is 0.0650. The molecule has 0 saturated carbocycles. The molecule has 2 N–H and O–H groups in total. The average molecular weight is 276 g/mol. The van der Waals surface area contributed by atoms with Gasteiger partial charge in [0, 0.05) is 12.7 Å². The summed E-state index contributed by atoms with van der Waals surface area (Å²) in [6.45, 7) is 3.72. The Morgan fingerprint density at radius 3 is 2.70 bits per heavy atom. The first-order chi connectivity index (χ1) is 9.38. The van der Waals surface area contributed by atoms with Crippen LogP contribution in [-0.4, -0.2) is 41.8 Å². The Hall–Kier alpha value is -2.28. The van der Waals surface area contributed by atoms with E-state index in [4.69, 9.17) is 0 Å². The van der Waals surface area contributed by atoms with Crippen molar-refractivity contribution in [2.45, 2.75) is 32.4 Å². The van der Waals surface area contributed by atoms with Gasteiger partial charge in [-0.15, -0.1) is 5.10 Å². The van der Waals surface area contributed by atoms with Crippen LogP contribution in [0.5, 0.6) is 0 Å². The normalized spacial score (nSPS) is 11.6. The summed E-state index contributed by atoms with van der Waals surface area (Å²) in [5.74, 6) is -1.15. The number of aromatic carboxylic acids is 1. The highest BCUT2D eigenvalue weighted by atomic mass is 16.4. The molecule has 0 aliphatic rings. The van der Waals surface area contributed by atoms with Crippen molar-refractivity contribution in [3.05, 3.63) is 30.1 Å². The molecule has 0 aromatic carbocycles. The van der Waals surface area contributed by atoms with Crippen molar-refractivity contribution < 1.29 is 15.0 Å². The molecule has 2 aromatic heterocycles. The zero-order chi connectivity index (χ0) is 14.8. The highest BCUT2D eigenvalue weighted by Gasteiger charge is 2.22. The molecule has 2 heterocycles. The number of aliphatic hydroxyl groups is 1. The lowest BCUT2D eigenvalue weighted by atomic mass is 10.1. The van der Waals surface area contributed by atoms with E-state index >= 15 is 0 Å². The van der Waals surface area contributed by atoms with Crippen LogP contribution >= 0.6 is 0 Å². The van der Waals surface area contributed by atoms with Crippen LogP contribution < -0.4 is 0 Å². The molecule has 0 saturated heterocycles. The molecule has 0 bridgehead atoms. The predicted octanol–water partition coefficient (Wildman–Crippen LogP) is 1.20. The first kappa shape index (κ1) is 14.1. The molecular weight excluding hydrogens is 260 g/mol. The molecule has 0 aliphatic carbocycles. The van der Waals surface area contributed by atoms with Crippen LogP contribution in [0.25, 0.3) is 11.4 Å². The van der Waals surface area contributed by atoms with Crippen LogP contribution in [0.3, 0.4) is 0 Å². The number of carboxylic acid groups (broad SMARTS) is 1. The Labute approximate surface area is 115 Å². The van der Waals surface area contributed by atoms with Crippen LogP contribution in [0.1, 0.15) is 30.8 Å². The molecule has 0 atom stereocenters. The van der Waals surface area contributed by atoms with Crippen molar-refractivity contribution in [2.24, 2.45) is 0 Å². The summed E-state index contributed by atoms with van der Waals surface area (Å²) in [5, 5.41) is 26.5. The standard InChI is InChI=1S/C13H16N4O3/c1-13(2,20)6-8-17-11(9-5-3-4-7-14-9)10(12(18)19)15-16-17/h3-5,7,20H,6,8H2,1-2H3,(H,18,19). The predicted molar refractivity (Wildman–Crippen MR) is 71.1 cm³/mol. The number of nitrogens with zero attached hydrogens (tertiary/aromatic N) is 4. The van der Waals surface area contributed by atoms with Crippen molar-refractivity contribution in [3.8, 4) is 11.4 Å². The van der Waals surface area contributed by atoms with Crippen molar-refractivity contribution in [1.82, 2.24) is 20.0 Å². The van der Waals surface area contributed by atoms with Gasteiger partial charge in [-0.2, -0.15) is 0 Å². The molecular formula is C13H16N4O3. The smallest absolute Gasteiger partial charge is 0.358 e. The van der Waals surface area contributed by atoms with Gasteiger partial charge in [0.1, 0.15) is 5.69 Å². The maximum absolute atomic E-state index is 11.2. The summed E-state index contributed by atoms with van der Waals surface area (Å²) in [6.07, 6.45) is 2.00. The monoisotopic (exact) mass is 276 g/mol. The summed E-state index contributed by atoms with van der Waals surface area (Å²) in [7, 11) is 0. The Morgan fingerprint density at radius 2 is 2.15 bits per heavy atom.